The summed E-state index contributed by atoms with van der Waals surface area (Å²) in [6.07, 6.45) is 1.80. The number of carbonyl (C=O) groups is 1. The van der Waals surface area contributed by atoms with E-state index in [1.807, 2.05) is 24.3 Å². The number of nitrogens with zero attached hydrogens (tertiary/aromatic N) is 2. The third-order valence-electron chi connectivity index (χ3n) is 6.42. The summed E-state index contributed by atoms with van der Waals surface area (Å²) in [6.45, 7) is 4.83. The van der Waals surface area contributed by atoms with Gasteiger partial charge in [0.1, 0.15) is 11.5 Å². The van der Waals surface area contributed by atoms with E-state index in [2.05, 4.69) is 41.3 Å². The number of para-hydroxylation sites is 1. The van der Waals surface area contributed by atoms with Crippen molar-refractivity contribution in [2.75, 3.05) is 31.3 Å². The first-order chi connectivity index (χ1) is 17.1. The number of benzene rings is 3. The third kappa shape index (κ3) is 7.21. The van der Waals surface area contributed by atoms with Crippen LogP contribution in [0.5, 0.6) is 0 Å². The van der Waals surface area contributed by atoms with Gasteiger partial charge in [0.15, 0.2) is 0 Å². The molecule has 3 aromatic rings. The van der Waals surface area contributed by atoms with E-state index in [0.717, 1.165) is 43.1 Å². The summed E-state index contributed by atoms with van der Waals surface area (Å²) in [5.74, 6) is -0.771. The van der Waals surface area contributed by atoms with E-state index in [4.69, 9.17) is 9.57 Å². The molecule has 1 amide bonds. The van der Waals surface area contributed by atoms with Crippen molar-refractivity contribution in [3.8, 4) is 0 Å². The Labute approximate surface area is 207 Å². The lowest BCUT2D eigenvalue weighted by Crippen LogP contribution is -2.48. The minimum Gasteiger partial charge on any atom is -0.372 e. The van der Waals surface area contributed by atoms with Gasteiger partial charge in [-0.1, -0.05) is 72.8 Å². The number of likely N-dealkylation sites (tertiary alicyclic amines) is 1. The standard InChI is InChI=1S/C29H33FN2O3/c1-23(33)32(28-15-9-8-14-27(28)30)35-22-26-17-19-31(18-16-24-10-4-2-5-11-24)20-29(26)34-21-25-12-6-3-7-13-25/h2-15,26,29H,16-22H2,1H3. The van der Waals surface area contributed by atoms with Gasteiger partial charge in [-0.15, -0.1) is 0 Å². The summed E-state index contributed by atoms with van der Waals surface area (Å²) >= 11 is 0. The molecule has 1 saturated heterocycles. The number of ether oxygens (including phenoxy) is 1. The summed E-state index contributed by atoms with van der Waals surface area (Å²) in [5.41, 5.74) is 2.56. The molecule has 1 aliphatic heterocycles. The van der Waals surface area contributed by atoms with Crippen molar-refractivity contribution in [2.45, 2.75) is 32.5 Å². The maximum atomic E-state index is 14.3. The van der Waals surface area contributed by atoms with E-state index in [1.165, 1.54) is 18.6 Å². The van der Waals surface area contributed by atoms with Crippen LogP contribution < -0.4 is 5.06 Å². The van der Waals surface area contributed by atoms with Crippen molar-refractivity contribution < 1.29 is 18.8 Å². The molecule has 6 heteroatoms. The number of anilines is 1. The Balaban J connectivity index is 1.40. The van der Waals surface area contributed by atoms with Crippen LogP contribution in [-0.2, 0) is 27.4 Å². The van der Waals surface area contributed by atoms with Gasteiger partial charge in [-0.2, -0.15) is 5.06 Å². The summed E-state index contributed by atoms with van der Waals surface area (Å²) in [7, 11) is 0. The quantitative estimate of drug-likeness (QED) is 0.375. The average Bonchev–Trinajstić information content (AvgIpc) is 2.89. The minimum absolute atomic E-state index is 0.0610. The Hall–Kier alpha value is -3.06. The van der Waals surface area contributed by atoms with E-state index < -0.39 is 5.82 Å². The number of rotatable bonds is 10. The molecule has 0 spiro atoms. The summed E-state index contributed by atoms with van der Waals surface area (Å²) in [4.78, 5) is 20.6. The fourth-order valence-corrected chi connectivity index (χ4v) is 4.44. The zero-order valence-corrected chi connectivity index (χ0v) is 20.2. The Morgan fingerprint density at radius 3 is 2.31 bits per heavy atom. The molecule has 4 rings (SSSR count). The highest BCUT2D eigenvalue weighted by atomic mass is 19.1. The third-order valence-corrected chi connectivity index (χ3v) is 6.42. The van der Waals surface area contributed by atoms with Crippen LogP contribution in [0, 0.1) is 11.7 Å². The molecule has 184 valence electrons. The number of amides is 1. The molecule has 0 N–H and O–H groups in total. The molecule has 3 aromatic carbocycles. The van der Waals surface area contributed by atoms with Crippen LogP contribution in [-0.4, -0.2) is 43.2 Å². The van der Waals surface area contributed by atoms with Gasteiger partial charge in [0, 0.05) is 25.9 Å². The molecule has 1 fully saturated rings. The second-order valence-electron chi connectivity index (χ2n) is 8.98. The van der Waals surface area contributed by atoms with Gasteiger partial charge in [0.25, 0.3) is 0 Å². The van der Waals surface area contributed by atoms with Crippen molar-refractivity contribution in [3.63, 3.8) is 0 Å². The fraction of sp³-hybridized carbons (Fsp3) is 0.345. The SMILES string of the molecule is CC(=O)N(OCC1CCN(CCc2ccccc2)CC1OCc1ccccc1)c1ccccc1F. The second-order valence-corrected chi connectivity index (χ2v) is 8.98. The molecule has 1 heterocycles. The van der Waals surface area contributed by atoms with E-state index in [-0.39, 0.29) is 30.2 Å². The van der Waals surface area contributed by atoms with Gasteiger partial charge in [0.05, 0.1) is 19.3 Å². The largest absolute Gasteiger partial charge is 0.372 e. The Bertz CT molecular complexity index is 1060. The molecule has 1 aliphatic rings. The molecule has 0 aromatic heterocycles. The zero-order chi connectivity index (χ0) is 24.5. The highest BCUT2D eigenvalue weighted by Gasteiger charge is 2.31. The highest BCUT2D eigenvalue weighted by Crippen LogP contribution is 2.25. The number of hydroxylamine groups is 1. The molecule has 0 aliphatic carbocycles. The topological polar surface area (TPSA) is 42.0 Å². The normalized spacial score (nSPS) is 18.3. The Morgan fingerprint density at radius 1 is 0.971 bits per heavy atom. The number of hydrogen-bond donors (Lipinski definition) is 0. The highest BCUT2D eigenvalue weighted by molar-refractivity contribution is 5.89. The van der Waals surface area contributed by atoms with Crippen LogP contribution >= 0.6 is 0 Å². The predicted molar refractivity (Wildman–Crippen MR) is 135 cm³/mol. The maximum absolute atomic E-state index is 14.3. The van der Waals surface area contributed by atoms with Crippen LogP contribution in [0.2, 0.25) is 0 Å². The summed E-state index contributed by atoms with van der Waals surface area (Å²) in [5, 5.41) is 1.06. The van der Waals surface area contributed by atoms with Gasteiger partial charge < -0.3 is 9.64 Å². The van der Waals surface area contributed by atoms with Crippen molar-refractivity contribution in [1.29, 1.82) is 0 Å². The van der Waals surface area contributed by atoms with Crippen LogP contribution in [0.1, 0.15) is 24.5 Å². The first kappa shape index (κ1) is 25.0. The van der Waals surface area contributed by atoms with Crippen molar-refractivity contribution in [2.24, 2.45) is 5.92 Å². The second kappa shape index (κ2) is 12.6. The summed E-state index contributed by atoms with van der Waals surface area (Å²) in [6, 6.07) is 26.8. The molecule has 5 nitrogen and oxygen atoms in total. The number of halogens is 1. The Kier molecular flexibility index (Phi) is 9.01. The molecular weight excluding hydrogens is 443 g/mol. The Morgan fingerprint density at radius 2 is 1.63 bits per heavy atom. The number of piperidine rings is 1. The molecule has 0 bridgehead atoms. The fourth-order valence-electron chi connectivity index (χ4n) is 4.44. The molecule has 0 saturated carbocycles. The van der Waals surface area contributed by atoms with Crippen molar-refractivity contribution in [3.05, 3.63) is 102 Å². The molecule has 2 unspecified atom stereocenters. The first-order valence-corrected chi connectivity index (χ1v) is 12.2. The number of carbonyl (C=O) groups excluding carboxylic acids is 1. The maximum Gasteiger partial charge on any atom is 0.247 e. The van der Waals surface area contributed by atoms with E-state index in [9.17, 15) is 9.18 Å². The van der Waals surface area contributed by atoms with Crippen molar-refractivity contribution >= 4 is 11.6 Å². The van der Waals surface area contributed by atoms with E-state index in [1.54, 1.807) is 18.2 Å². The molecule has 35 heavy (non-hydrogen) atoms. The minimum atomic E-state index is -0.490. The zero-order valence-electron chi connectivity index (χ0n) is 20.2. The van der Waals surface area contributed by atoms with E-state index >= 15 is 0 Å². The van der Waals surface area contributed by atoms with Crippen LogP contribution in [0.25, 0.3) is 0 Å². The van der Waals surface area contributed by atoms with Crippen LogP contribution in [0.4, 0.5) is 10.1 Å². The van der Waals surface area contributed by atoms with Gasteiger partial charge in [-0.3, -0.25) is 9.63 Å². The smallest absolute Gasteiger partial charge is 0.247 e. The number of hydrogen-bond acceptors (Lipinski definition) is 4. The van der Waals surface area contributed by atoms with Gasteiger partial charge in [-0.25, -0.2) is 4.39 Å². The monoisotopic (exact) mass is 476 g/mol. The van der Waals surface area contributed by atoms with Crippen LogP contribution in [0.15, 0.2) is 84.9 Å². The molecular formula is C29H33FN2O3. The molecule has 2 atom stereocenters. The first-order valence-electron chi connectivity index (χ1n) is 12.2. The van der Waals surface area contributed by atoms with Crippen molar-refractivity contribution in [1.82, 2.24) is 4.90 Å². The van der Waals surface area contributed by atoms with Gasteiger partial charge >= 0.3 is 0 Å². The van der Waals surface area contributed by atoms with Crippen LogP contribution in [0.3, 0.4) is 0 Å². The lowest BCUT2D eigenvalue weighted by Gasteiger charge is -2.39. The lowest BCUT2D eigenvalue weighted by atomic mass is 9.94. The van der Waals surface area contributed by atoms with Gasteiger partial charge in [-0.05, 0) is 42.6 Å². The average molecular weight is 477 g/mol. The lowest BCUT2D eigenvalue weighted by molar-refractivity contribution is -0.127. The molecule has 0 radical (unpaired) electrons. The van der Waals surface area contributed by atoms with Gasteiger partial charge in [0.2, 0.25) is 5.91 Å². The summed E-state index contributed by atoms with van der Waals surface area (Å²) < 4.78 is 20.7. The van der Waals surface area contributed by atoms with E-state index in [0.29, 0.717) is 6.61 Å². The predicted octanol–water partition coefficient (Wildman–Crippen LogP) is 5.26.